The van der Waals surface area contributed by atoms with Gasteiger partial charge < -0.3 is 24.6 Å². The van der Waals surface area contributed by atoms with Crippen molar-refractivity contribution in [3.63, 3.8) is 0 Å². The smallest absolute Gasteiger partial charge is 0.331 e. The number of hydrogen-bond donors (Lipinski definition) is 2. The summed E-state index contributed by atoms with van der Waals surface area (Å²) in [4.78, 5) is 23.2. The summed E-state index contributed by atoms with van der Waals surface area (Å²) in [5.41, 5.74) is 0.657. The topological polar surface area (TPSA) is 94.1 Å². The molecule has 0 aliphatic carbocycles. The predicted octanol–water partition coefficient (Wildman–Crippen LogP) is 1.25. The molecule has 1 heterocycles. The van der Waals surface area contributed by atoms with Gasteiger partial charge in [0.1, 0.15) is 0 Å². The first-order valence-electron chi connectivity index (χ1n) is 7.68. The first-order chi connectivity index (χ1) is 11.6. The maximum atomic E-state index is 11.6. The molecule has 24 heavy (non-hydrogen) atoms. The lowest BCUT2D eigenvalue weighted by molar-refractivity contribution is -0.143. The molecular formula is C17H21NO6. The van der Waals surface area contributed by atoms with Crippen LogP contribution in [0, 0.1) is 0 Å². The van der Waals surface area contributed by atoms with Gasteiger partial charge in [-0.2, -0.15) is 0 Å². The molecule has 1 aliphatic rings. The molecule has 1 atom stereocenters. The lowest BCUT2D eigenvalue weighted by Crippen LogP contribution is -2.34. The Balaban J connectivity index is 1.73. The van der Waals surface area contributed by atoms with Crippen molar-refractivity contribution in [3.05, 3.63) is 29.8 Å². The number of nitrogens with one attached hydrogen (secondary N) is 1. The van der Waals surface area contributed by atoms with Gasteiger partial charge in [0.25, 0.3) is 5.91 Å². The maximum Gasteiger partial charge on any atom is 0.331 e. The molecule has 7 nitrogen and oxygen atoms in total. The number of benzene rings is 1. The van der Waals surface area contributed by atoms with Gasteiger partial charge in [-0.25, -0.2) is 4.79 Å². The Kier molecular flexibility index (Phi) is 6.62. The van der Waals surface area contributed by atoms with Crippen LogP contribution in [0.1, 0.15) is 18.4 Å². The van der Waals surface area contributed by atoms with Gasteiger partial charge in [0.2, 0.25) is 0 Å². The summed E-state index contributed by atoms with van der Waals surface area (Å²) < 4.78 is 15.2. The second kappa shape index (κ2) is 8.93. The van der Waals surface area contributed by atoms with Crippen molar-refractivity contribution in [2.24, 2.45) is 0 Å². The number of aromatic hydroxyl groups is 1. The second-order valence-electron chi connectivity index (χ2n) is 5.31. The van der Waals surface area contributed by atoms with E-state index < -0.39 is 5.97 Å². The van der Waals surface area contributed by atoms with Crippen molar-refractivity contribution in [1.29, 1.82) is 0 Å². The number of phenolic OH excluding ortho intramolecular Hbond substituents is 1. The minimum Gasteiger partial charge on any atom is -0.504 e. The SMILES string of the molecule is COc1cc(/C=C/C(=O)OCC(=O)NC[C@H]2CCCO2)ccc1O. The van der Waals surface area contributed by atoms with Crippen LogP contribution in [0.3, 0.4) is 0 Å². The number of rotatable bonds is 7. The predicted molar refractivity (Wildman–Crippen MR) is 86.6 cm³/mol. The number of carbonyl (C=O) groups is 2. The third-order valence-corrected chi connectivity index (χ3v) is 3.51. The van der Waals surface area contributed by atoms with Crippen LogP contribution in [0.4, 0.5) is 0 Å². The summed E-state index contributed by atoms with van der Waals surface area (Å²) in [6, 6.07) is 4.66. The Morgan fingerprint density at radius 2 is 2.29 bits per heavy atom. The Hall–Kier alpha value is -2.54. The fraction of sp³-hybridized carbons (Fsp3) is 0.412. The summed E-state index contributed by atoms with van der Waals surface area (Å²) in [6.07, 6.45) is 4.70. The molecule has 130 valence electrons. The van der Waals surface area contributed by atoms with Crippen molar-refractivity contribution < 1.29 is 28.9 Å². The summed E-state index contributed by atoms with van der Waals surface area (Å²) in [6.45, 7) is 0.816. The molecule has 0 bridgehead atoms. The minimum atomic E-state index is -0.630. The normalized spacial score (nSPS) is 17.0. The van der Waals surface area contributed by atoms with Crippen LogP contribution in [0.15, 0.2) is 24.3 Å². The average Bonchev–Trinajstić information content (AvgIpc) is 3.11. The number of phenols is 1. The van der Waals surface area contributed by atoms with Crippen molar-refractivity contribution in [1.82, 2.24) is 5.32 Å². The molecule has 0 saturated carbocycles. The monoisotopic (exact) mass is 335 g/mol. The zero-order chi connectivity index (χ0) is 17.4. The Labute approximate surface area is 140 Å². The van der Waals surface area contributed by atoms with Crippen molar-refractivity contribution in [2.45, 2.75) is 18.9 Å². The summed E-state index contributed by atoms with van der Waals surface area (Å²) >= 11 is 0. The fourth-order valence-electron chi connectivity index (χ4n) is 2.23. The summed E-state index contributed by atoms with van der Waals surface area (Å²) in [5, 5.41) is 12.2. The summed E-state index contributed by atoms with van der Waals surface area (Å²) in [5.74, 6) is -0.674. The van der Waals surface area contributed by atoms with Crippen LogP contribution in [-0.2, 0) is 19.1 Å². The molecule has 2 rings (SSSR count). The van der Waals surface area contributed by atoms with Gasteiger partial charge in [0, 0.05) is 19.2 Å². The van der Waals surface area contributed by atoms with E-state index in [9.17, 15) is 14.7 Å². The first-order valence-corrected chi connectivity index (χ1v) is 7.68. The highest BCUT2D eigenvalue weighted by atomic mass is 16.5. The molecule has 1 fully saturated rings. The van der Waals surface area contributed by atoms with Crippen LogP contribution in [0.2, 0.25) is 0 Å². The van der Waals surface area contributed by atoms with Crippen LogP contribution >= 0.6 is 0 Å². The number of amides is 1. The standard InChI is InChI=1S/C17H21NO6/c1-22-15-9-12(4-6-14(15)19)5-7-17(21)24-11-16(20)18-10-13-3-2-8-23-13/h4-7,9,13,19H,2-3,8,10-11H2,1H3,(H,18,20)/b7-5+/t13-/m1/s1. The zero-order valence-corrected chi connectivity index (χ0v) is 13.5. The highest BCUT2D eigenvalue weighted by molar-refractivity contribution is 5.89. The largest absolute Gasteiger partial charge is 0.504 e. The van der Waals surface area contributed by atoms with Gasteiger partial charge in [0.05, 0.1) is 13.2 Å². The van der Waals surface area contributed by atoms with Crippen molar-refractivity contribution in [3.8, 4) is 11.5 Å². The Morgan fingerprint density at radius 1 is 1.46 bits per heavy atom. The van der Waals surface area contributed by atoms with Crippen LogP contribution in [-0.4, -0.2) is 50.0 Å². The lowest BCUT2D eigenvalue weighted by atomic mass is 10.2. The fourth-order valence-corrected chi connectivity index (χ4v) is 2.23. The van der Waals surface area contributed by atoms with Gasteiger partial charge in [0.15, 0.2) is 18.1 Å². The highest BCUT2D eigenvalue weighted by Gasteiger charge is 2.16. The molecule has 1 amide bonds. The van der Waals surface area contributed by atoms with Gasteiger partial charge in [-0.3, -0.25) is 4.79 Å². The molecule has 0 radical (unpaired) electrons. The number of hydrogen-bond acceptors (Lipinski definition) is 6. The number of methoxy groups -OCH3 is 1. The minimum absolute atomic E-state index is 0.0140. The van der Waals surface area contributed by atoms with E-state index in [1.807, 2.05) is 0 Å². The molecule has 7 heteroatoms. The number of ether oxygens (including phenoxy) is 3. The van der Waals surface area contributed by atoms with E-state index >= 15 is 0 Å². The molecule has 1 saturated heterocycles. The van der Waals surface area contributed by atoms with E-state index in [4.69, 9.17) is 14.2 Å². The highest BCUT2D eigenvalue weighted by Crippen LogP contribution is 2.26. The molecule has 1 aliphatic heterocycles. The van der Waals surface area contributed by atoms with Gasteiger partial charge in [-0.05, 0) is 36.6 Å². The Bertz CT molecular complexity index is 607. The van der Waals surface area contributed by atoms with Crippen LogP contribution < -0.4 is 10.1 Å². The first kappa shape index (κ1) is 17.8. The van der Waals surface area contributed by atoms with Crippen molar-refractivity contribution in [2.75, 3.05) is 26.9 Å². The van der Waals surface area contributed by atoms with E-state index in [0.717, 1.165) is 19.4 Å². The summed E-state index contributed by atoms with van der Waals surface area (Å²) in [7, 11) is 1.44. The van der Waals surface area contributed by atoms with Gasteiger partial charge in [-0.15, -0.1) is 0 Å². The lowest BCUT2D eigenvalue weighted by Gasteiger charge is -2.10. The van der Waals surface area contributed by atoms with Gasteiger partial charge >= 0.3 is 5.97 Å². The zero-order valence-electron chi connectivity index (χ0n) is 13.5. The average molecular weight is 335 g/mol. The van der Waals surface area contributed by atoms with E-state index in [-0.39, 0.29) is 24.4 Å². The van der Waals surface area contributed by atoms with E-state index in [0.29, 0.717) is 17.9 Å². The Morgan fingerprint density at radius 3 is 3.00 bits per heavy atom. The number of esters is 1. The van der Waals surface area contributed by atoms with E-state index in [1.165, 1.54) is 25.3 Å². The molecular weight excluding hydrogens is 314 g/mol. The second-order valence-corrected chi connectivity index (χ2v) is 5.31. The van der Waals surface area contributed by atoms with E-state index in [2.05, 4.69) is 5.32 Å². The molecule has 2 N–H and O–H groups in total. The maximum absolute atomic E-state index is 11.6. The van der Waals surface area contributed by atoms with Crippen LogP contribution in [0.25, 0.3) is 6.08 Å². The molecule has 1 aromatic carbocycles. The third kappa shape index (κ3) is 5.58. The van der Waals surface area contributed by atoms with Crippen LogP contribution in [0.5, 0.6) is 11.5 Å². The van der Waals surface area contributed by atoms with Gasteiger partial charge in [-0.1, -0.05) is 6.07 Å². The number of carbonyl (C=O) groups excluding carboxylic acids is 2. The molecule has 1 aromatic rings. The molecule has 0 spiro atoms. The van der Waals surface area contributed by atoms with E-state index in [1.54, 1.807) is 12.1 Å². The molecule has 0 aromatic heterocycles. The molecule has 0 unspecified atom stereocenters. The third-order valence-electron chi connectivity index (χ3n) is 3.51. The quantitative estimate of drug-likeness (QED) is 0.575. The van der Waals surface area contributed by atoms with Crippen molar-refractivity contribution >= 4 is 18.0 Å².